The van der Waals surface area contributed by atoms with E-state index in [9.17, 15) is 8.42 Å². The number of nitrogens with one attached hydrogen (secondary N) is 1. The Morgan fingerprint density at radius 2 is 2.15 bits per heavy atom. The van der Waals surface area contributed by atoms with Crippen molar-refractivity contribution >= 4 is 10.0 Å². The Hall–Kier alpha value is -0.920. The molecule has 1 N–H and O–H groups in total. The first-order valence-corrected chi connectivity index (χ1v) is 8.56. The summed E-state index contributed by atoms with van der Waals surface area (Å²) in [6.45, 7) is 7.65. The molecule has 6 nitrogen and oxygen atoms in total. The highest BCUT2D eigenvalue weighted by Crippen LogP contribution is 2.26. The monoisotopic (exact) mass is 300 g/mol. The zero-order valence-corrected chi connectivity index (χ0v) is 13.5. The van der Waals surface area contributed by atoms with Crippen molar-refractivity contribution < 1.29 is 8.42 Å². The van der Waals surface area contributed by atoms with Crippen LogP contribution in [0.1, 0.15) is 31.2 Å². The van der Waals surface area contributed by atoms with Gasteiger partial charge in [0.1, 0.15) is 4.90 Å². The van der Waals surface area contributed by atoms with Gasteiger partial charge in [-0.1, -0.05) is 6.92 Å². The molecule has 0 radical (unpaired) electrons. The van der Waals surface area contributed by atoms with E-state index < -0.39 is 10.0 Å². The maximum atomic E-state index is 13.0. The van der Waals surface area contributed by atoms with Gasteiger partial charge in [-0.05, 0) is 33.2 Å². The Morgan fingerprint density at radius 3 is 2.60 bits per heavy atom. The van der Waals surface area contributed by atoms with Gasteiger partial charge in [0.05, 0.1) is 11.4 Å². The molecule has 20 heavy (non-hydrogen) atoms. The number of aromatic nitrogens is 2. The first-order valence-electron chi connectivity index (χ1n) is 7.12. The molecule has 1 aromatic rings. The highest BCUT2D eigenvalue weighted by molar-refractivity contribution is 7.89. The van der Waals surface area contributed by atoms with Crippen LogP contribution in [0.4, 0.5) is 0 Å². The molecule has 1 aliphatic rings. The molecule has 114 valence electrons. The molecule has 1 unspecified atom stereocenters. The molecule has 0 amide bonds. The van der Waals surface area contributed by atoms with Gasteiger partial charge in [-0.25, -0.2) is 8.42 Å². The summed E-state index contributed by atoms with van der Waals surface area (Å²) in [5.41, 5.74) is 1.27. The van der Waals surface area contributed by atoms with Crippen molar-refractivity contribution in [2.24, 2.45) is 7.05 Å². The third-order valence-electron chi connectivity index (χ3n) is 4.00. The lowest BCUT2D eigenvalue weighted by Gasteiger charge is -2.33. The quantitative estimate of drug-likeness (QED) is 0.893. The lowest BCUT2D eigenvalue weighted by atomic mass is 10.1. The number of nitrogens with zero attached hydrogens (tertiary/aromatic N) is 3. The first-order chi connectivity index (χ1) is 9.39. The minimum atomic E-state index is -3.48. The van der Waals surface area contributed by atoms with Crippen LogP contribution >= 0.6 is 0 Å². The van der Waals surface area contributed by atoms with Gasteiger partial charge in [-0.2, -0.15) is 9.40 Å². The zero-order valence-electron chi connectivity index (χ0n) is 12.7. The van der Waals surface area contributed by atoms with E-state index in [2.05, 4.69) is 10.4 Å². The van der Waals surface area contributed by atoms with Gasteiger partial charge in [0, 0.05) is 26.2 Å². The summed E-state index contributed by atoms with van der Waals surface area (Å²) in [7, 11) is -1.70. The SMILES string of the molecule is CCN(C1CCCNC1)S(=O)(=O)c1c(C)nn(C)c1C. The van der Waals surface area contributed by atoms with Crippen molar-refractivity contribution in [3.05, 3.63) is 11.4 Å². The Balaban J connectivity index is 2.41. The number of hydrogen-bond donors (Lipinski definition) is 1. The summed E-state index contributed by atoms with van der Waals surface area (Å²) in [5, 5.41) is 7.51. The van der Waals surface area contributed by atoms with Crippen LogP contribution in [-0.4, -0.2) is 48.2 Å². The maximum Gasteiger partial charge on any atom is 0.247 e. The van der Waals surface area contributed by atoms with Crippen molar-refractivity contribution in [1.82, 2.24) is 19.4 Å². The Kier molecular flexibility index (Phi) is 4.51. The second-order valence-electron chi connectivity index (χ2n) is 5.33. The lowest BCUT2D eigenvalue weighted by Crippen LogP contribution is -2.48. The summed E-state index contributed by atoms with van der Waals surface area (Å²) in [4.78, 5) is 0.368. The molecule has 2 heterocycles. The fraction of sp³-hybridized carbons (Fsp3) is 0.769. The van der Waals surface area contributed by atoms with E-state index in [0.717, 1.165) is 25.9 Å². The Morgan fingerprint density at radius 1 is 1.45 bits per heavy atom. The number of aryl methyl sites for hydroxylation is 2. The second kappa shape index (κ2) is 5.83. The lowest BCUT2D eigenvalue weighted by molar-refractivity contribution is 0.274. The van der Waals surface area contributed by atoms with E-state index in [0.29, 0.717) is 22.8 Å². The normalized spacial score (nSPS) is 20.6. The van der Waals surface area contributed by atoms with E-state index >= 15 is 0 Å². The van der Waals surface area contributed by atoms with Crippen molar-refractivity contribution in [3.63, 3.8) is 0 Å². The molecule has 0 bridgehead atoms. The molecule has 0 spiro atoms. The van der Waals surface area contributed by atoms with Gasteiger partial charge in [-0.3, -0.25) is 4.68 Å². The molecular weight excluding hydrogens is 276 g/mol. The minimum Gasteiger partial charge on any atom is -0.315 e. The number of likely N-dealkylation sites (N-methyl/N-ethyl adjacent to an activating group) is 1. The van der Waals surface area contributed by atoms with E-state index in [1.54, 1.807) is 29.9 Å². The van der Waals surface area contributed by atoms with Crippen molar-refractivity contribution in [2.75, 3.05) is 19.6 Å². The molecule has 2 rings (SSSR count). The number of rotatable bonds is 4. The van der Waals surface area contributed by atoms with Crippen LogP contribution in [-0.2, 0) is 17.1 Å². The number of piperidine rings is 1. The topological polar surface area (TPSA) is 67.2 Å². The summed E-state index contributed by atoms with van der Waals surface area (Å²) in [5.74, 6) is 0. The van der Waals surface area contributed by atoms with Gasteiger partial charge in [-0.15, -0.1) is 0 Å². The third-order valence-corrected chi connectivity index (χ3v) is 6.28. The van der Waals surface area contributed by atoms with Crippen LogP contribution in [0.2, 0.25) is 0 Å². The van der Waals surface area contributed by atoms with Crippen LogP contribution in [0.5, 0.6) is 0 Å². The molecule has 1 aromatic heterocycles. The van der Waals surface area contributed by atoms with E-state index in [4.69, 9.17) is 0 Å². The molecule has 0 aliphatic carbocycles. The van der Waals surface area contributed by atoms with Gasteiger partial charge < -0.3 is 5.32 Å². The van der Waals surface area contributed by atoms with Crippen LogP contribution in [0.3, 0.4) is 0 Å². The Bertz CT molecular complexity index is 573. The first kappa shape index (κ1) is 15.5. The van der Waals surface area contributed by atoms with Crippen molar-refractivity contribution in [3.8, 4) is 0 Å². The van der Waals surface area contributed by atoms with Crippen LogP contribution in [0.15, 0.2) is 4.90 Å². The molecule has 0 saturated carbocycles. The van der Waals surface area contributed by atoms with E-state index in [1.807, 2.05) is 6.92 Å². The Labute approximate surface area is 121 Å². The molecule has 7 heteroatoms. The molecule has 1 saturated heterocycles. The average Bonchev–Trinajstić information content (AvgIpc) is 2.65. The summed E-state index contributed by atoms with van der Waals surface area (Å²) < 4.78 is 29.2. The third kappa shape index (κ3) is 2.62. The highest BCUT2D eigenvalue weighted by Gasteiger charge is 2.34. The van der Waals surface area contributed by atoms with Crippen LogP contribution < -0.4 is 5.32 Å². The molecule has 0 aromatic carbocycles. The van der Waals surface area contributed by atoms with Gasteiger partial charge in [0.15, 0.2) is 0 Å². The molecule has 1 aliphatic heterocycles. The largest absolute Gasteiger partial charge is 0.315 e. The predicted molar refractivity (Wildman–Crippen MR) is 78.1 cm³/mol. The second-order valence-corrected chi connectivity index (χ2v) is 7.16. The summed E-state index contributed by atoms with van der Waals surface area (Å²) in [6, 6.07) is 0.0396. The zero-order chi connectivity index (χ0) is 14.9. The average molecular weight is 300 g/mol. The summed E-state index contributed by atoms with van der Waals surface area (Å²) >= 11 is 0. The van der Waals surface area contributed by atoms with Crippen molar-refractivity contribution in [2.45, 2.75) is 44.6 Å². The van der Waals surface area contributed by atoms with E-state index in [-0.39, 0.29) is 6.04 Å². The van der Waals surface area contributed by atoms with Gasteiger partial charge in [0.2, 0.25) is 10.0 Å². The minimum absolute atomic E-state index is 0.0396. The predicted octanol–water partition coefficient (Wildman–Crippen LogP) is 0.800. The molecular formula is C13H24N4O2S. The molecule has 1 atom stereocenters. The van der Waals surface area contributed by atoms with Crippen LogP contribution in [0.25, 0.3) is 0 Å². The highest BCUT2D eigenvalue weighted by atomic mass is 32.2. The number of hydrogen-bond acceptors (Lipinski definition) is 4. The number of sulfonamides is 1. The van der Waals surface area contributed by atoms with Gasteiger partial charge in [0.25, 0.3) is 0 Å². The summed E-state index contributed by atoms with van der Waals surface area (Å²) in [6.07, 6.45) is 1.93. The van der Waals surface area contributed by atoms with E-state index in [1.165, 1.54) is 0 Å². The fourth-order valence-corrected chi connectivity index (χ4v) is 5.01. The fourth-order valence-electron chi connectivity index (χ4n) is 2.95. The smallest absolute Gasteiger partial charge is 0.247 e. The maximum absolute atomic E-state index is 13.0. The molecule has 1 fully saturated rings. The van der Waals surface area contributed by atoms with Crippen LogP contribution in [0, 0.1) is 13.8 Å². The van der Waals surface area contributed by atoms with Gasteiger partial charge >= 0.3 is 0 Å². The standard InChI is InChI=1S/C13H24N4O2S/c1-5-17(12-7-6-8-14-9-12)20(18,19)13-10(2)15-16(4)11(13)3/h12,14H,5-9H2,1-4H3. The van der Waals surface area contributed by atoms with Crippen molar-refractivity contribution in [1.29, 1.82) is 0 Å².